The highest BCUT2D eigenvalue weighted by Crippen LogP contribution is 2.25. The first-order valence-electron chi connectivity index (χ1n) is 6.87. The van der Waals surface area contributed by atoms with Crippen LogP contribution in [0.2, 0.25) is 0 Å². The van der Waals surface area contributed by atoms with E-state index in [1.54, 1.807) is 18.2 Å². The molecule has 20 heavy (non-hydrogen) atoms. The zero-order chi connectivity index (χ0) is 14.6. The van der Waals surface area contributed by atoms with Gasteiger partial charge in [0.05, 0.1) is 12.7 Å². The molecule has 1 aromatic rings. The van der Waals surface area contributed by atoms with Crippen molar-refractivity contribution in [1.82, 2.24) is 4.72 Å². The van der Waals surface area contributed by atoms with Gasteiger partial charge in [0, 0.05) is 13.2 Å². The van der Waals surface area contributed by atoms with Crippen molar-refractivity contribution in [1.29, 1.82) is 0 Å². The molecule has 1 unspecified atom stereocenters. The number of rotatable bonds is 6. The third-order valence-electron chi connectivity index (χ3n) is 3.21. The number of hydrogen-bond donors (Lipinski definition) is 1. The Kier molecular flexibility index (Phi) is 5.01. The van der Waals surface area contributed by atoms with Gasteiger partial charge >= 0.3 is 0 Å². The largest absolute Gasteiger partial charge is 0.492 e. The number of hydrogen-bond acceptors (Lipinski definition) is 4. The van der Waals surface area contributed by atoms with E-state index in [1.807, 2.05) is 13.8 Å². The van der Waals surface area contributed by atoms with Crippen LogP contribution in [0.1, 0.15) is 25.3 Å². The van der Waals surface area contributed by atoms with Gasteiger partial charge in [-0.25, -0.2) is 13.1 Å². The highest BCUT2D eigenvalue weighted by Gasteiger charge is 2.23. The average molecular weight is 299 g/mol. The molecule has 1 saturated heterocycles. The Morgan fingerprint density at radius 3 is 2.90 bits per heavy atom. The van der Waals surface area contributed by atoms with E-state index in [-0.39, 0.29) is 11.0 Å². The van der Waals surface area contributed by atoms with Crippen molar-refractivity contribution in [3.8, 4) is 5.75 Å². The lowest BCUT2D eigenvalue weighted by molar-refractivity contribution is 0.114. The van der Waals surface area contributed by atoms with Gasteiger partial charge < -0.3 is 9.47 Å². The van der Waals surface area contributed by atoms with Gasteiger partial charge in [0.1, 0.15) is 10.6 Å². The monoisotopic (exact) mass is 299 g/mol. The van der Waals surface area contributed by atoms with Gasteiger partial charge in [0.25, 0.3) is 0 Å². The van der Waals surface area contributed by atoms with Gasteiger partial charge in [0.2, 0.25) is 10.0 Å². The first-order chi connectivity index (χ1) is 9.53. The molecule has 1 N–H and O–H groups in total. The van der Waals surface area contributed by atoms with Gasteiger partial charge in [-0.2, -0.15) is 0 Å². The van der Waals surface area contributed by atoms with E-state index in [2.05, 4.69) is 4.72 Å². The predicted molar refractivity (Wildman–Crippen MR) is 76.5 cm³/mol. The quantitative estimate of drug-likeness (QED) is 0.870. The molecule has 0 radical (unpaired) electrons. The maximum absolute atomic E-state index is 12.3. The van der Waals surface area contributed by atoms with Crippen LogP contribution in [-0.4, -0.2) is 34.3 Å². The maximum atomic E-state index is 12.3. The summed E-state index contributed by atoms with van der Waals surface area (Å²) in [5.41, 5.74) is 0.964. The minimum absolute atomic E-state index is 0.0224. The molecule has 6 heteroatoms. The molecule has 0 spiro atoms. The van der Waals surface area contributed by atoms with Gasteiger partial charge in [-0.3, -0.25) is 0 Å². The van der Waals surface area contributed by atoms with Crippen LogP contribution in [0.5, 0.6) is 5.75 Å². The van der Waals surface area contributed by atoms with E-state index < -0.39 is 10.0 Å². The third-order valence-corrected chi connectivity index (χ3v) is 4.68. The number of nitrogens with one attached hydrogen (secondary N) is 1. The SMILES string of the molecule is CCOc1cc(C)ccc1S(=O)(=O)NCC1CCCO1. The topological polar surface area (TPSA) is 64.6 Å². The molecular weight excluding hydrogens is 278 g/mol. The minimum atomic E-state index is -3.57. The second-order valence-corrected chi connectivity index (χ2v) is 6.61. The second kappa shape index (κ2) is 6.56. The summed E-state index contributed by atoms with van der Waals surface area (Å²) in [6, 6.07) is 5.09. The van der Waals surface area contributed by atoms with Gasteiger partial charge in [-0.1, -0.05) is 6.07 Å². The molecule has 0 saturated carbocycles. The summed E-state index contributed by atoms with van der Waals surface area (Å²) in [5, 5.41) is 0. The number of sulfonamides is 1. The first-order valence-corrected chi connectivity index (χ1v) is 8.36. The van der Waals surface area contributed by atoms with Crippen LogP contribution in [0.15, 0.2) is 23.1 Å². The van der Waals surface area contributed by atoms with Crippen LogP contribution >= 0.6 is 0 Å². The highest BCUT2D eigenvalue weighted by molar-refractivity contribution is 7.89. The van der Waals surface area contributed by atoms with E-state index in [0.29, 0.717) is 25.5 Å². The molecule has 0 aliphatic carbocycles. The zero-order valence-corrected chi connectivity index (χ0v) is 12.7. The van der Waals surface area contributed by atoms with Crippen LogP contribution in [0, 0.1) is 6.92 Å². The molecule has 0 bridgehead atoms. The summed E-state index contributed by atoms with van der Waals surface area (Å²) in [7, 11) is -3.57. The van der Waals surface area contributed by atoms with Crippen molar-refractivity contribution in [2.75, 3.05) is 19.8 Å². The smallest absolute Gasteiger partial charge is 0.244 e. The standard InChI is InChI=1S/C14H21NO4S/c1-3-18-13-9-11(2)6-7-14(13)20(16,17)15-10-12-5-4-8-19-12/h6-7,9,12,15H,3-5,8,10H2,1-2H3. The average Bonchev–Trinajstić information content (AvgIpc) is 2.90. The molecule has 1 fully saturated rings. The van der Waals surface area contributed by atoms with Crippen molar-refractivity contribution in [2.45, 2.75) is 37.7 Å². The lowest BCUT2D eigenvalue weighted by Gasteiger charge is -2.14. The lowest BCUT2D eigenvalue weighted by Crippen LogP contribution is -2.32. The fourth-order valence-corrected chi connectivity index (χ4v) is 3.38. The second-order valence-electron chi connectivity index (χ2n) is 4.87. The third kappa shape index (κ3) is 3.71. The molecule has 1 aliphatic heterocycles. The van der Waals surface area contributed by atoms with E-state index in [1.165, 1.54) is 0 Å². The molecule has 112 valence electrons. The number of aryl methyl sites for hydroxylation is 1. The summed E-state index contributed by atoms with van der Waals surface area (Å²) in [6.45, 7) is 5.18. The van der Waals surface area contributed by atoms with E-state index in [4.69, 9.17) is 9.47 Å². The van der Waals surface area contributed by atoms with Crippen LogP contribution in [0.3, 0.4) is 0 Å². The Morgan fingerprint density at radius 1 is 1.45 bits per heavy atom. The number of ether oxygens (including phenoxy) is 2. The Labute approximate surface area is 120 Å². The molecule has 1 aromatic carbocycles. The molecule has 5 nitrogen and oxygen atoms in total. The lowest BCUT2D eigenvalue weighted by atomic mass is 10.2. The fourth-order valence-electron chi connectivity index (χ4n) is 2.19. The van der Waals surface area contributed by atoms with Crippen LogP contribution in [0.4, 0.5) is 0 Å². The van der Waals surface area contributed by atoms with Crippen molar-refractivity contribution in [3.63, 3.8) is 0 Å². The van der Waals surface area contributed by atoms with Crippen molar-refractivity contribution < 1.29 is 17.9 Å². The van der Waals surface area contributed by atoms with Crippen molar-refractivity contribution >= 4 is 10.0 Å². The van der Waals surface area contributed by atoms with Crippen molar-refractivity contribution in [3.05, 3.63) is 23.8 Å². The number of benzene rings is 1. The van der Waals surface area contributed by atoms with Gasteiger partial charge in [0.15, 0.2) is 0 Å². The van der Waals surface area contributed by atoms with Gasteiger partial charge in [-0.15, -0.1) is 0 Å². The molecule has 0 aromatic heterocycles. The van der Waals surface area contributed by atoms with E-state index in [9.17, 15) is 8.42 Å². The molecule has 2 rings (SSSR count). The molecule has 0 amide bonds. The Balaban J connectivity index is 2.15. The van der Waals surface area contributed by atoms with Gasteiger partial charge in [-0.05, 0) is 44.4 Å². The predicted octanol–water partition coefficient (Wildman–Crippen LogP) is 1.85. The fraction of sp³-hybridized carbons (Fsp3) is 0.571. The van der Waals surface area contributed by atoms with E-state index in [0.717, 1.165) is 18.4 Å². The Bertz CT molecular complexity index is 550. The molecular formula is C14H21NO4S. The normalized spacial score (nSPS) is 19.2. The Morgan fingerprint density at radius 2 is 2.25 bits per heavy atom. The molecule has 1 atom stereocenters. The minimum Gasteiger partial charge on any atom is -0.492 e. The summed E-state index contributed by atoms with van der Waals surface area (Å²) in [5.74, 6) is 0.396. The highest BCUT2D eigenvalue weighted by atomic mass is 32.2. The summed E-state index contributed by atoms with van der Waals surface area (Å²) < 4.78 is 38.1. The van der Waals surface area contributed by atoms with Crippen LogP contribution in [-0.2, 0) is 14.8 Å². The molecule has 1 heterocycles. The Hall–Kier alpha value is -1.11. The first kappa shape index (κ1) is 15.3. The molecule has 1 aliphatic rings. The van der Waals surface area contributed by atoms with Crippen molar-refractivity contribution in [2.24, 2.45) is 0 Å². The zero-order valence-electron chi connectivity index (χ0n) is 11.9. The summed E-state index contributed by atoms with van der Waals surface area (Å²) in [6.07, 6.45) is 1.86. The van der Waals surface area contributed by atoms with Crippen LogP contribution < -0.4 is 9.46 Å². The van der Waals surface area contributed by atoms with Crippen LogP contribution in [0.25, 0.3) is 0 Å². The summed E-state index contributed by atoms with van der Waals surface area (Å²) in [4.78, 5) is 0.183. The maximum Gasteiger partial charge on any atom is 0.244 e. The summed E-state index contributed by atoms with van der Waals surface area (Å²) >= 11 is 0. The van der Waals surface area contributed by atoms with E-state index >= 15 is 0 Å².